The smallest absolute Gasteiger partial charge is 0.163 e. The van der Waals surface area contributed by atoms with Gasteiger partial charge in [-0.2, -0.15) is 10.2 Å². The molecule has 1 aromatic carbocycles. The molecular formula is C18H17N5O. The Morgan fingerprint density at radius 2 is 2.00 bits per heavy atom. The van der Waals surface area contributed by atoms with Crippen molar-refractivity contribution >= 4 is 5.65 Å². The molecule has 0 aliphatic rings. The highest BCUT2D eigenvalue weighted by atomic mass is 16.5. The lowest BCUT2D eigenvalue weighted by atomic mass is 10.1. The third kappa shape index (κ3) is 2.52. The molecule has 0 saturated carbocycles. The number of hydrogen-bond acceptors (Lipinski definition) is 4. The van der Waals surface area contributed by atoms with E-state index in [0.717, 1.165) is 28.2 Å². The van der Waals surface area contributed by atoms with Crippen molar-refractivity contribution in [2.75, 3.05) is 7.11 Å². The SMILES string of the molecule is COc1ccc(Cn2cc(-c3c(C)nn4cccnc34)cn2)cc1. The van der Waals surface area contributed by atoms with E-state index in [2.05, 4.69) is 15.2 Å². The summed E-state index contributed by atoms with van der Waals surface area (Å²) in [5.74, 6) is 0.855. The number of aromatic nitrogens is 5. The number of aryl methyl sites for hydroxylation is 1. The fraction of sp³-hybridized carbons (Fsp3) is 0.167. The molecule has 0 bridgehead atoms. The van der Waals surface area contributed by atoms with Gasteiger partial charge < -0.3 is 4.74 Å². The van der Waals surface area contributed by atoms with Crippen LogP contribution in [0.2, 0.25) is 0 Å². The molecule has 120 valence electrons. The predicted octanol–water partition coefficient (Wildman–Crippen LogP) is 2.96. The minimum absolute atomic E-state index is 0.704. The molecule has 0 radical (unpaired) electrons. The first-order chi connectivity index (χ1) is 11.7. The van der Waals surface area contributed by atoms with Crippen LogP contribution in [0.3, 0.4) is 0 Å². The first-order valence-corrected chi connectivity index (χ1v) is 7.70. The average molecular weight is 319 g/mol. The summed E-state index contributed by atoms with van der Waals surface area (Å²) in [5, 5.41) is 8.98. The molecule has 0 spiro atoms. The molecule has 4 rings (SSSR count). The van der Waals surface area contributed by atoms with Crippen LogP contribution in [0.4, 0.5) is 0 Å². The van der Waals surface area contributed by atoms with Crippen LogP contribution in [0.5, 0.6) is 5.75 Å². The lowest BCUT2D eigenvalue weighted by Gasteiger charge is -2.03. The van der Waals surface area contributed by atoms with Crippen LogP contribution >= 0.6 is 0 Å². The number of nitrogens with zero attached hydrogens (tertiary/aromatic N) is 5. The van der Waals surface area contributed by atoms with E-state index in [0.29, 0.717) is 6.54 Å². The zero-order valence-electron chi connectivity index (χ0n) is 13.5. The summed E-state index contributed by atoms with van der Waals surface area (Å²) in [6.07, 6.45) is 7.58. The molecule has 24 heavy (non-hydrogen) atoms. The van der Waals surface area contributed by atoms with Crippen molar-refractivity contribution in [3.8, 4) is 16.9 Å². The van der Waals surface area contributed by atoms with Gasteiger partial charge in [-0.25, -0.2) is 9.50 Å². The highest BCUT2D eigenvalue weighted by Crippen LogP contribution is 2.26. The molecule has 3 aromatic heterocycles. The third-order valence-electron chi connectivity index (χ3n) is 4.00. The van der Waals surface area contributed by atoms with Gasteiger partial charge in [-0.3, -0.25) is 4.68 Å². The minimum atomic E-state index is 0.704. The van der Waals surface area contributed by atoms with Crippen LogP contribution in [0.1, 0.15) is 11.3 Å². The molecule has 0 N–H and O–H groups in total. The lowest BCUT2D eigenvalue weighted by molar-refractivity contribution is 0.414. The van der Waals surface area contributed by atoms with Crippen molar-refractivity contribution in [3.05, 3.63) is 66.4 Å². The van der Waals surface area contributed by atoms with Crippen molar-refractivity contribution in [2.45, 2.75) is 13.5 Å². The van der Waals surface area contributed by atoms with Crippen LogP contribution in [-0.4, -0.2) is 31.5 Å². The predicted molar refractivity (Wildman–Crippen MR) is 91.0 cm³/mol. The van der Waals surface area contributed by atoms with E-state index < -0.39 is 0 Å². The van der Waals surface area contributed by atoms with Crippen molar-refractivity contribution in [1.29, 1.82) is 0 Å². The fourth-order valence-electron chi connectivity index (χ4n) is 2.83. The van der Waals surface area contributed by atoms with Gasteiger partial charge in [0.15, 0.2) is 5.65 Å². The number of benzene rings is 1. The Hall–Kier alpha value is -3.15. The Bertz CT molecular complexity index is 984. The molecule has 0 atom stereocenters. The van der Waals surface area contributed by atoms with Gasteiger partial charge in [-0.05, 0) is 30.7 Å². The summed E-state index contributed by atoms with van der Waals surface area (Å²) in [5.41, 5.74) is 5.00. The van der Waals surface area contributed by atoms with Crippen LogP contribution in [0.25, 0.3) is 16.8 Å². The largest absolute Gasteiger partial charge is 0.497 e. The van der Waals surface area contributed by atoms with E-state index in [1.807, 2.05) is 60.5 Å². The highest BCUT2D eigenvalue weighted by molar-refractivity contribution is 5.78. The Morgan fingerprint density at radius 3 is 2.79 bits per heavy atom. The number of ether oxygens (including phenoxy) is 1. The monoisotopic (exact) mass is 319 g/mol. The Labute approximate surface area is 139 Å². The van der Waals surface area contributed by atoms with Crippen molar-refractivity contribution in [2.24, 2.45) is 0 Å². The van der Waals surface area contributed by atoms with Crippen LogP contribution in [0.15, 0.2) is 55.1 Å². The Morgan fingerprint density at radius 1 is 1.17 bits per heavy atom. The van der Waals surface area contributed by atoms with Gasteiger partial charge in [-0.15, -0.1) is 0 Å². The summed E-state index contributed by atoms with van der Waals surface area (Å²) in [6, 6.07) is 9.87. The minimum Gasteiger partial charge on any atom is -0.497 e. The summed E-state index contributed by atoms with van der Waals surface area (Å²) in [4.78, 5) is 4.44. The summed E-state index contributed by atoms with van der Waals surface area (Å²) < 4.78 is 8.90. The van der Waals surface area contributed by atoms with Gasteiger partial charge in [0.05, 0.1) is 31.1 Å². The quantitative estimate of drug-likeness (QED) is 0.580. The highest BCUT2D eigenvalue weighted by Gasteiger charge is 2.14. The molecule has 0 aliphatic carbocycles. The molecular weight excluding hydrogens is 302 g/mol. The van der Waals surface area contributed by atoms with E-state index in [4.69, 9.17) is 4.74 Å². The molecule has 6 heteroatoms. The zero-order valence-corrected chi connectivity index (χ0v) is 13.5. The Kier molecular flexibility index (Phi) is 3.49. The zero-order chi connectivity index (χ0) is 16.5. The number of fused-ring (bicyclic) bond motifs is 1. The molecule has 0 amide bonds. The van der Waals surface area contributed by atoms with Crippen molar-refractivity contribution < 1.29 is 4.74 Å². The maximum atomic E-state index is 5.19. The van der Waals surface area contributed by atoms with E-state index in [-0.39, 0.29) is 0 Å². The van der Waals surface area contributed by atoms with Crippen LogP contribution < -0.4 is 4.74 Å². The van der Waals surface area contributed by atoms with Crippen LogP contribution in [-0.2, 0) is 6.54 Å². The van der Waals surface area contributed by atoms with E-state index in [1.54, 1.807) is 17.8 Å². The number of methoxy groups -OCH3 is 1. The van der Waals surface area contributed by atoms with Crippen molar-refractivity contribution in [1.82, 2.24) is 24.4 Å². The second kappa shape index (κ2) is 5.81. The lowest BCUT2D eigenvalue weighted by Crippen LogP contribution is -1.99. The third-order valence-corrected chi connectivity index (χ3v) is 4.00. The topological polar surface area (TPSA) is 57.2 Å². The first-order valence-electron chi connectivity index (χ1n) is 7.70. The Balaban J connectivity index is 1.65. The number of rotatable bonds is 4. The number of hydrogen-bond donors (Lipinski definition) is 0. The van der Waals surface area contributed by atoms with Gasteiger partial charge in [0.2, 0.25) is 0 Å². The van der Waals surface area contributed by atoms with Gasteiger partial charge in [0.1, 0.15) is 5.75 Å². The fourth-order valence-corrected chi connectivity index (χ4v) is 2.83. The molecule has 0 fully saturated rings. The molecule has 0 saturated heterocycles. The summed E-state index contributed by atoms with van der Waals surface area (Å²) in [7, 11) is 1.67. The first kappa shape index (κ1) is 14.4. The van der Waals surface area contributed by atoms with E-state index in [1.165, 1.54) is 5.56 Å². The molecule has 4 aromatic rings. The standard InChI is InChI=1S/C18H17N5O/c1-13-17(18-19-8-3-9-23(18)21-13)15-10-20-22(12-15)11-14-4-6-16(24-2)7-5-14/h3-10,12H,11H2,1-2H3. The van der Waals surface area contributed by atoms with Gasteiger partial charge in [-0.1, -0.05) is 12.1 Å². The second-order valence-corrected chi connectivity index (χ2v) is 5.62. The maximum absolute atomic E-state index is 5.19. The molecule has 3 heterocycles. The van der Waals surface area contributed by atoms with Gasteiger partial charge in [0.25, 0.3) is 0 Å². The van der Waals surface area contributed by atoms with Crippen LogP contribution in [0, 0.1) is 6.92 Å². The summed E-state index contributed by atoms with van der Waals surface area (Å²) in [6.45, 7) is 2.69. The maximum Gasteiger partial charge on any atom is 0.163 e. The average Bonchev–Trinajstić information content (AvgIpc) is 3.18. The second-order valence-electron chi connectivity index (χ2n) is 5.62. The molecule has 0 unspecified atom stereocenters. The van der Waals surface area contributed by atoms with E-state index in [9.17, 15) is 0 Å². The molecule has 6 nitrogen and oxygen atoms in total. The van der Waals surface area contributed by atoms with Gasteiger partial charge in [0, 0.05) is 24.2 Å². The van der Waals surface area contributed by atoms with Gasteiger partial charge >= 0.3 is 0 Å². The summed E-state index contributed by atoms with van der Waals surface area (Å²) >= 11 is 0. The molecule has 0 aliphatic heterocycles. The normalized spacial score (nSPS) is 11.1. The van der Waals surface area contributed by atoms with Crippen molar-refractivity contribution in [3.63, 3.8) is 0 Å². The van der Waals surface area contributed by atoms with E-state index >= 15 is 0 Å².